The van der Waals surface area contributed by atoms with Crippen LogP contribution in [0, 0.1) is 18.3 Å². The molecular weight excluding hydrogens is 252 g/mol. The number of rotatable bonds is 3. The topological polar surface area (TPSA) is 98.6 Å². The second kappa shape index (κ2) is 4.50. The van der Waals surface area contributed by atoms with Crippen molar-refractivity contribution in [2.45, 2.75) is 11.9 Å². The van der Waals surface area contributed by atoms with E-state index in [9.17, 15) is 8.42 Å². The van der Waals surface area contributed by atoms with Gasteiger partial charge in [-0.25, -0.2) is 4.98 Å². The van der Waals surface area contributed by atoms with Gasteiger partial charge in [-0.2, -0.15) is 13.7 Å². The molecule has 1 heterocycles. The molecule has 0 fully saturated rings. The molecule has 2 aromatic rings. The number of aromatic nitrogens is 2. The molecule has 0 unspecified atom stereocenters. The summed E-state index contributed by atoms with van der Waals surface area (Å²) in [7, 11) is -3.74. The third kappa shape index (κ3) is 2.33. The number of nitriles is 1. The van der Waals surface area contributed by atoms with Crippen molar-refractivity contribution in [3.05, 3.63) is 41.9 Å². The highest BCUT2D eigenvalue weighted by Gasteiger charge is 2.17. The molecule has 0 atom stereocenters. The van der Waals surface area contributed by atoms with Gasteiger partial charge >= 0.3 is 0 Å². The maximum Gasteiger partial charge on any atom is 0.279 e. The van der Waals surface area contributed by atoms with Crippen molar-refractivity contribution >= 4 is 15.7 Å². The molecule has 0 amide bonds. The van der Waals surface area contributed by atoms with Gasteiger partial charge in [0.1, 0.15) is 11.9 Å². The van der Waals surface area contributed by atoms with E-state index in [-0.39, 0.29) is 16.3 Å². The molecule has 0 aliphatic carbocycles. The van der Waals surface area contributed by atoms with Crippen LogP contribution in [0.2, 0.25) is 0 Å². The van der Waals surface area contributed by atoms with Crippen molar-refractivity contribution in [3.63, 3.8) is 0 Å². The van der Waals surface area contributed by atoms with Gasteiger partial charge in [0, 0.05) is 0 Å². The summed E-state index contributed by atoms with van der Waals surface area (Å²) in [5.74, 6) is 0.504. The SMILES string of the molecule is Cc1ncc(S(=O)(=O)Nc2ccccc2C#N)[nH]1. The molecule has 92 valence electrons. The van der Waals surface area contributed by atoms with E-state index in [0.717, 1.165) is 0 Å². The Morgan fingerprint density at radius 1 is 1.39 bits per heavy atom. The van der Waals surface area contributed by atoms with Crippen molar-refractivity contribution in [1.82, 2.24) is 9.97 Å². The summed E-state index contributed by atoms with van der Waals surface area (Å²) >= 11 is 0. The zero-order chi connectivity index (χ0) is 13.2. The van der Waals surface area contributed by atoms with E-state index in [1.807, 2.05) is 6.07 Å². The first-order valence-electron chi connectivity index (χ1n) is 5.06. The molecule has 0 aliphatic rings. The Morgan fingerprint density at radius 3 is 2.72 bits per heavy atom. The molecule has 0 radical (unpaired) electrons. The van der Waals surface area contributed by atoms with Gasteiger partial charge in [-0.15, -0.1) is 0 Å². The van der Waals surface area contributed by atoms with Crippen LogP contribution in [0.15, 0.2) is 35.5 Å². The Balaban J connectivity index is 2.37. The van der Waals surface area contributed by atoms with Crippen LogP contribution in [-0.2, 0) is 10.0 Å². The molecule has 6 nitrogen and oxygen atoms in total. The van der Waals surface area contributed by atoms with Crippen LogP contribution in [0.5, 0.6) is 0 Å². The summed E-state index contributed by atoms with van der Waals surface area (Å²) in [5, 5.41) is 8.85. The van der Waals surface area contributed by atoms with Gasteiger partial charge in [0.05, 0.1) is 17.4 Å². The molecule has 0 saturated heterocycles. The number of aromatic amines is 1. The molecule has 0 aliphatic heterocycles. The lowest BCUT2D eigenvalue weighted by Crippen LogP contribution is -2.14. The van der Waals surface area contributed by atoms with Crippen molar-refractivity contribution < 1.29 is 8.42 Å². The lowest BCUT2D eigenvalue weighted by Gasteiger charge is -2.07. The van der Waals surface area contributed by atoms with E-state index < -0.39 is 10.0 Å². The first-order chi connectivity index (χ1) is 8.53. The smallest absolute Gasteiger partial charge is 0.279 e. The molecule has 1 aromatic carbocycles. The van der Waals surface area contributed by atoms with Crippen LogP contribution >= 0.6 is 0 Å². The first kappa shape index (κ1) is 12.1. The Labute approximate surface area is 104 Å². The minimum atomic E-state index is -3.74. The fourth-order valence-corrected chi connectivity index (χ4v) is 2.46. The Morgan fingerprint density at radius 2 is 2.11 bits per heavy atom. The Hall–Kier alpha value is -2.33. The summed E-state index contributed by atoms with van der Waals surface area (Å²) in [4.78, 5) is 6.46. The summed E-state index contributed by atoms with van der Waals surface area (Å²) in [6.07, 6.45) is 1.23. The van der Waals surface area contributed by atoms with E-state index in [2.05, 4.69) is 14.7 Å². The molecule has 2 rings (SSSR count). The molecule has 0 bridgehead atoms. The van der Waals surface area contributed by atoms with Gasteiger partial charge in [-0.05, 0) is 19.1 Å². The molecule has 18 heavy (non-hydrogen) atoms. The number of nitrogens with zero attached hydrogens (tertiary/aromatic N) is 2. The monoisotopic (exact) mass is 262 g/mol. The van der Waals surface area contributed by atoms with Crippen molar-refractivity contribution in [1.29, 1.82) is 5.26 Å². The van der Waals surface area contributed by atoms with Gasteiger partial charge in [-0.3, -0.25) is 4.72 Å². The van der Waals surface area contributed by atoms with E-state index in [1.54, 1.807) is 19.1 Å². The van der Waals surface area contributed by atoms with Gasteiger partial charge in [0.2, 0.25) is 0 Å². The van der Waals surface area contributed by atoms with Crippen LogP contribution < -0.4 is 4.72 Å². The van der Waals surface area contributed by atoms with Crippen molar-refractivity contribution in [2.75, 3.05) is 4.72 Å². The minimum absolute atomic E-state index is 0.0345. The molecule has 1 aromatic heterocycles. The third-order valence-electron chi connectivity index (χ3n) is 2.26. The zero-order valence-corrected chi connectivity index (χ0v) is 10.3. The second-order valence-electron chi connectivity index (χ2n) is 3.60. The van der Waals surface area contributed by atoms with Crippen LogP contribution in [-0.4, -0.2) is 18.4 Å². The number of imidazole rings is 1. The molecule has 2 N–H and O–H groups in total. The quantitative estimate of drug-likeness (QED) is 0.873. The van der Waals surface area contributed by atoms with E-state index in [1.165, 1.54) is 18.3 Å². The van der Waals surface area contributed by atoms with E-state index in [4.69, 9.17) is 5.26 Å². The number of sulfonamides is 1. The average molecular weight is 262 g/mol. The second-order valence-corrected chi connectivity index (χ2v) is 5.25. The number of anilines is 1. The first-order valence-corrected chi connectivity index (χ1v) is 6.55. The van der Waals surface area contributed by atoms with E-state index >= 15 is 0 Å². The van der Waals surface area contributed by atoms with Gasteiger partial charge in [-0.1, -0.05) is 12.1 Å². The van der Waals surface area contributed by atoms with Gasteiger partial charge in [0.25, 0.3) is 10.0 Å². The molecular formula is C11H10N4O2S. The standard InChI is InChI=1S/C11H10N4O2S/c1-8-13-7-11(14-8)18(16,17)15-10-5-3-2-4-9(10)6-12/h2-5,7,15H,1H3,(H,13,14). The van der Waals surface area contributed by atoms with Gasteiger partial charge < -0.3 is 4.98 Å². The largest absolute Gasteiger partial charge is 0.332 e. The fraction of sp³-hybridized carbons (Fsp3) is 0.0909. The lowest BCUT2D eigenvalue weighted by atomic mass is 10.2. The predicted molar refractivity (Wildman–Crippen MR) is 65.3 cm³/mol. The van der Waals surface area contributed by atoms with E-state index in [0.29, 0.717) is 5.82 Å². The maximum atomic E-state index is 12.0. The Kier molecular flexibility index (Phi) is 3.04. The highest BCUT2D eigenvalue weighted by molar-refractivity contribution is 7.92. The maximum absolute atomic E-state index is 12.0. The van der Waals surface area contributed by atoms with Crippen molar-refractivity contribution in [3.8, 4) is 6.07 Å². The van der Waals surface area contributed by atoms with Crippen LogP contribution in [0.1, 0.15) is 11.4 Å². The summed E-state index contributed by atoms with van der Waals surface area (Å²) in [5.41, 5.74) is 0.504. The molecule has 7 heteroatoms. The lowest BCUT2D eigenvalue weighted by molar-refractivity contribution is 0.598. The summed E-state index contributed by atoms with van der Waals surface area (Å²) in [6, 6.07) is 8.30. The third-order valence-corrected chi connectivity index (χ3v) is 3.54. The summed E-state index contributed by atoms with van der Waals surface area (Å²) < 4.78 is 26.3. The molecule has 0 saturated carbocycles. The van der Waals surface area contributed by atoms with Crippen molar-refractivity contribution in [2.24, 2.45) is 0 Å². The normalized spacial score (nSPS) is 10.9. The minimum Gasteiger partial charge on any atom is -0.332 e. The predicted octanol–water partition coefficient (Wildman–Crippen LogP) is 1.39. The highest BCUT2D eigenvalue weighted by Crippen LogP contribution is 2.18. The number of hydrogen-bond donors (Lipinski definition) is 2. The number of aryl methyl sites for hydroxylation is 1. The van der Waals surface area contributed by atoms with Crippen LogP contribution in [0.4, 0.5) is 5.69 Å². The number of para-hydroxylation sites is 1. The average Bonchev–Trinajstić information content (AvgIpc) is 2.77. The number of nitrogens with one attached hydrogen (secondary N) is 2. The number of benzene rings is 1. The zero-order valence-electron chi connectivity index (χ0n) is 9.51. The highest BCUT2D eigenvalue weighted by atomic mass is 32.2. The van der Waals surface area contributed by atoms with Gasteiger partial charge in [0.15, 0.2) is 5.03 Å². The fourth-order valence-electron chi connectivity index (χ4n) is 1.40. The Bertz CT molecular complexity index is 713. The molecule has 0 spiro atoms. The van der Waals surface area contributed by atoms with Crippen LogP contribution in [0.3, 0.4) is 0 Å². The number of H-pyrrole nitrogens is 1. The number of hydrogen-bond acceptors (Lipinski definition) is 4. The van der Waals surface area contributed by atoms with Crippen LogP contribution in [0.25, 0.3) is 0 Å². The summed E-state index contributed by atoms with van der Waals surface area (Å²) in [6.45, 7) is 1.66.